The fourth-order valence-corrected chi connectivity index (χ4v) is 4.45. The van der Waals surface area contributed by atoms with Gasteiger partial charge in [-0.3, -0.25) is 4.79 Å². The molecule has 4 nitrogen and oxygen atoms in total. The first-order valence-corrected chi connectivity index (χ1v) is 11.0. The number of carbonyl (C=O) groups excluding carboxylic acids is 1. The zero-order valence-corrected chi connectivity index (χ0v) is 19.1. The van der Waals surface area contributed by atoms with E-state index in [1.165, 1.54) is 7.11 Å². The molecule has 2 aromatic carbocycles. The van der Waals surface area contributed by atoms with Gasteiger partial charge in [0.25, 0.3) is 0 Å². The van der Waals surface area contributed by atoms with Gasteiger partial charge >= 0.3 is 5.97 Å². The summed E-state index contributed by atoms with van der Waals surface area (Å²) in [4.78, 5) is 14.1. The molecular formula is C22H27BrO4S. The third kappa shape index (κ3) is 5.60. The second-order valence-corrected chi connectivity index (χ2v) is 8.63. The van der Waals surface area contributed by atoms with Crippen molar-refractivity contribution in [2.45, 2.75) is 47.6 Å². The van der Waals surface area contributed by atoms with E-state index in [-0.39, 0.29) is 17.2 Å². The van der Waals surface area contributed by atoms with Gasteiger partial charge in [-0.25, -0.2) is 0 Å². The minimum atomic E-state index is -0.926. The molecule has 0 spiro atoms. The Morgan fingerprint density at radius 3 is 2.29 bits per heavy atom. The van der Waals surface area contributed by atoms with Gasteiger partial charge in [0, 0.05) is 28.6 Å². The monoisotopic (exact) mass is 466 g/mol. The van der Waals surface area contributed by atoms with Gasteiger partial charge in [-0.1, -0.05) is 52.0 Å². The van der Waals surface area contributed by atoms with Crippen LogP contribution in [0.4, 0.5) is 0 Å². The van der Waals surface area contributed by atoms with Crippen molar-refractivity contribution in [1.29, 1.82) is 0 Å². The molecule has 0 bridgehead atoms. The second kappa shape index (κ2) is 11.0. The molecule has 2 rings (SSSR count). The Bertz CT molecular complexity index is 758. The average molecular weight is 467 g/mol. The smallest absolute Gasteiger partial charge is 0.310 e. The lowest BCUT2D eigenvalue weighted by atomic mass is 9.99. The molecule has 0 aliphatic rings. The minimum Gasteiger partial charge on any atom is -0.469 e. The summed E-state index contributed by atoms with van der Waals surface area (Å²) >= 11 is 5.27. The van der Waals surface area contributed by atoms with Crippen LogP contribution in [-0.4, -0.2) is 31.1 Å². The zero-order valence-electron chi connectivity index (χ0n) is 16.7. The van der Waals surface area contributed by atoms with E-state index in [1.54, 1.807) is 11.8 Å². The van der Waals surface area contributed by atoms with Gasteiger partial charge in [-0.05, 0) is 50.6 Å². The molecular weight excluding hydrogens is 440 g/mol. The largest absolute Gasteiger partial charge is 0.469 e. The molecule has 0 saturated heterocycles. The number of hydrogen-bond donors (Lipinski definition) is 0. The molecule has 0 amide bonds. The third-order valence-electron chi connectivity index (χ3n) is 4.24. The van der Waals surface area contributed by atoms with E-state index in [1.807, 2.05) is 69.3 Å². The van der Waals surface area contributed by atoms with Crippen molar-refractivity contribution < 1.29 is 19.0 Å². The molecule has 2 aromatic rings. The summed E-state index contributed by atoms with van der Waals surface area (Å²) in [5, 5.41) is 0. The number of esters is 1. The second-order valence-electron chi connectivity index (χ2n) is 6.14. The van der Waals surface area contributed by atoms with Gasteiger partial charge in [0.1, 0.15) is 0 Å². The van der Waals surface area contributed by atoms with Crippen LogP contribution in [0.1, 0.15) is 31.9 Å². The number of rotatable bonds is 10. The molecule has 1 atom stereocenters. The van der Waals surface area contributed by atoms with Crippen LogP contribution >= 0.6 is 27.7 Å². The Morgan fingerprint density at radius 2 is 1.75 bits per heavy atom. The summed E-state index contributed by atoms with van der Waals surface area (Å²) in [6.45, 7) is 6.89. The van der Waals surface area contributed by atoms with E-state index in [2.05, 4.69) is 15.9 Å². The molecule has 0 unspecified atom stereocenters. The zero-order chi connectivity index (χ0) is 20.6. The van der Waals surface area contributed by atoms with Gasteiger partial charge in [-0.2, -0.15) is 0 Å². The normalized spacial score (nSPS) is 12.6. The van der Waals surface area contributed by atoms with Gasteiger partial charge in [0.2, 0.25) is 5.79 Å². The molecule has 28 heavy (non-hydrogen) atoms. The van der Waals surface area contributed by atoms with Gasteiger partial charge in [0.15, 0.2) is 0 Å². The quantitative estimate of drug-likeness (QED) is 0.260. The molecule has 0 saturated carbocycles. The first kappa shape index (κ1) is 22.9. The maximum atomic E-state index is 12.0. The lowest BCUT2D eigenvalue weighted by Gasteiger charge is -2.36. The fourth-order valence-electron chi connectivity index (χ4n) is 2.97. The SMILES string of the molecule is CCOC(OCC)(c1ccc(Sc2ccccc2)c(CC(=O)OC)c1)[C@@H](C)Br. The van der Waals surface area contributed by atoms with Crippen LogP contribution in [0.3, 0.4) is 0 Å². The first-order chi connectivity index (χ1) is 13.5. The highest BCUT2D eigenvalue weighted by atomic mass is 79.9. The van der Waals surface area contributed by atoms with Crippen molar-refractivity contribution in [2.75, 3.05) is 20.3 Å². The van der Waals surface area contributed by atoms with Gasteiger partial charge < -0.3 is 14.2 Å². The number of alkyl halides is 1. The average Bonchev–Trinajstić information content (AvgIpc) is 2.69. The summed E-state index contributed by atoms with van der Waals surface area (Å²) in [7, 11) is 1.40. The molecule has 0 heterocycles. The van der Waals surface area contributed by atoms with Crippen LogP contribution in [0.5, 0.6) is 0 Å². The van der Waals surface area contributed by atoms with Crippen LogP contribution < -0.4 is 0 Å². The van der Waals surface area contributed by atoms with Crippen molar-refractivity contribution in [1.82, 2.24) is 0 Å². The topological polar surface area (TPSA) is 44.8 Å². The number of ether oxygens (including phenoxy) is 3. The highest BCUT2D eigenvalue weighted by Crippen LogP contribution is 2.39. The summed E-state index contributed by atoms with van der Waals surface area (Å²) in [6.07, 6.45) is 0.185. The highest BCUT2D eigenvalue weighted by molar-refractivity contribution is 9.09. The van der Waals surface area contributed by atoms with Crippen LogP contribution in [0.15, 0.2) is 58.3 Å². The van der Waals surface area contributed by atoms with E-state index in [0.29, 0.717) is 13.2 Å². The van der Waals surface area contributed by atoms with Crippen LogP contribution in [0.2, 0.25) is 0 Å². The lowest BCUT2D eigenvalue weighted by Crippen LogP contribution is -2.40. The van der Waals surface area contributed by atoms with E-state index in [0.717, 1.165) is 20.9 Å². The van der Waals surface area contributed by atoms with E-state index in [9.17, 15) is 4.79 Å². The summed E-state index contributed by atoms with van der Waals surface area (Å²) < 4.78 is 17.0. The Morgan fingerprint density at radius 1 is 1.11 bits per heavy atom. The first-order valence-electron chi connectivity index (χ1n) is 9.31. The molecule has 6 heteroatoms. The Balaban J connectivity index is 2.51. The Hall–Kier alpha value is -1.34. The van der Waals surface area contributed by atoms with Crippen molar-refractivity contribution >= 4 is 33.7 Å². The van der Waals surface area contributed by atoms with Crippen LogP contribution in [0, 0.1) is 0 Å². The number of methoxy groups -OCH3 is 1. The molecule has 0 aromatic heterocycles. The molecule has 0 aliphatic carbocycles. The van der Waals surface area contributed by atoms with Crippen molar-refractivity contribution in [2.24, 2.45) is 0 Å². The van der Waals surface area contributed by atoms with Crippen LogP contribution in [0.25, 0.3) is 0 Å². The number of hydrogen-bond acceptors (Lipinski definition) is 5. The fraction of sp³-hybridized carbons (Fsp3) is 0.409. The third-order valence-corrected chi connectivity index (χ3v) is 5.97. The van der Waals surface area contributed by atoms with Gasteiger partial charge in [0.05, 0.1) is 18.4 Å². The highest BCUT2D eigenvalue weighted by Gasteiger charge is 2.39. The molecule has 0 aliphatic heterocycles. The maximum Gasteiger partial charge on any atom is 0.310 e. The summed E-state index contributed by atoms with van der Waals surface area (Å²) in [5.74, 6) is -1.21. The van der Waals surface area contributed by atoms with E-state index >= 15 is 0 Å². The van der Waals surface area contributed by atoms with Crippen molar-refractivity contribution in [3.05, 3.63) is 59.7 Å². The molecule has 152 valence electrons. The standard InChI is InChI=1S/C22H27BrO4S/c1-5-26-22(16(3)23,27-6-2)18-12-13-20(17(14-18)15-21(24)25-4)28-19-10-8-7-9-11-19/h7-14,16H,5-6,15H2,1-4H3/t16-/m1/s1. The molecule has 0 fully saturated rings. The van der Waals surface area contributed by atoms with Crippen molar-refractivity contribution in [3.8, 4) is 0 Å². The van der Waals surface area contributed by atoms with E-state index in [4.69, 9.17) is 14.2 Å². The summed E-state index contributed by atoms with van der Waals surface area (Å²) in [6, 6.07) is 16.1. The summed E-state index contributed by atoms with van der Waals surface area (Å²) in [5.41, 5.74) is 1.76. The van der Waals surface area contributed by atoms with Crippen LogP contribution in [-0.2, 0) is 31.2 Å². The molecule has 0 radical (unpaired) electrons. The van der Waals surface area contributed by atoms with E-state index < -0.39 is 5.79 Å². The van der Waals surface area contributed by atoms with Gasteiger partial charge in [-0.15, -0.1) is 0 Å². The number of halogens is 1. The number of carbonyl (C=O) groups is 1. The minimum absolute atomic E-state index is 0.0847. The maximum absolute atomic E-state index is 12.0. The molecule has 0 N–H and O–H groups in total. The number of benzene rings is 2. The predicted molar refractivity (Wildman–Crippen MR) is 116 cm³/mol. The Labute approximate surface area is 180 Å². The van der Waals surface area contributed by atoms with Crippen molar-refractivity contribution in [3.63, 3.8) is 0 Å². The lowest BCUT2D eigenvalue weighted by molar-refractivity contribution is -0.239. The Kier molecular flexibility index (Phi) is 9.02. The predicted octanol–water partition coefficient (Wildman–Crippen LogP) is 5.56.